The van der Waals surface area contributed by atoms with Crippen LogP contribution in [-0.2, 0) is 9.53 Å². The average Bonchev–Trinajstić information content (AvgIpc) is 2.92. The molecule has 5 nitrogen and oxygen atoms in total. The van der Waals surface area contributed by atoms with Crippen LogP contribution in [-0.4, -0.2) is 31.3 Å². The summed E-state index contributed by atoms with van der Waals surface area (Å²) in [7, 11) is 0. The van der Waals surface area contributed by atoms with Gasteiger partial charge in [0.1, 0.15) is 11.9 Å². The summed E-state index contributed by atoms with van der Waals surface area (Å²) >= 11 is 0. The average molecular weight is 278 g/mol. The van der Waals surface area contributed by atoms with Gasteiger partial charge < -0.3 is 20.5 Å². The highest BCUT2D eigenvalue weighted by molar-refractivity contribution is 5.94. The molecule has 1 aliphatic rings. The van der Waals surface area contributed by atoms with Gasteiger partial charge in [-0.05, 0) is 19.1 Å². The quantitative estimate of drug-likeness (QED) is 0.861. The maximum absolute atomic E-state index is 12.1. The van der Waals surface area contributed by atoms with E-state index < -0.39 is 0 Å². The first kappa shape index (κ1) is 14.8. The number of ether oxygens (including phenoxy) is 2. The summed E-state index contributed by atoms with van der Waals surface area (Å²) in [5.74, 6) is 0.324. The third kappa shape index (κ3) is 3.71. The second kappa shape index (κ2) is 6.72. The molecule has 1 aromatic rings. The van der Waals surface area contributed by atoms with Gasteiger partial charge in [-0.1, -0.05) is 19.1 Å². The third-order valence-electron chi connectivity index (χ3n) is 3.53. The molecular formula is C15H22N2O3. The van der Waals surface area contributed by atoms with Crippen LogP contribution in [0.15, 0.2) is 24.3 Å². The molecular weight excluding hydrogens is 256 g/mol. The predicted octanol–water partition coefficient (Wildman–Crippen LogP) is 1.78. The molecule has 3 atom stereocenters. The minimum atomic E-state index is -0.252. The van der Waals surface area contributed by atoms with Gasteiger partial charge in [-0.2, -0.15) is 0 Å². The number of hydrogen-bond acceptors (Lipinski definition) is 4. The van der Waals surface area contributed by atoms with Crippen LogP contribution in [0.5, 0.6) is 5.75 Å². The van der Waals surface area contributed by atoms with Crippen LogP contribution in [0, 0.1) is 5.92 Å². The molecule has 3 N–H and O–H groups in total. The number of hydrogen-bond donors (Lipinski definition) is 2. The molecule has 20 heavy (non-hydrogen) atoms. The molecule has 0 radical (unpaired) electrons. The topological polar surface area (TPSA) is 73.6 Å². The Labute approximate surface area is 119 Å². The van der Waals surface area contributed by atoms with Crippen molar-refractivity contribution in [3.63, 3.8) is 0 Å². The first-order valence-electron chi connectivity index (χ1n) is 6.98. The summed E-state index contributed by atoms with van der Waals surface area (Å²) in [6.45, 7) is 4.95. The highest BCUT2D eigenvalue weighted by atomic mass is 16.5. The van der Waals surface area contributed by atoms with E-state index in [9.17, 15) is 4.79 Å². The number of nitrogens with one attached hydrogen (secondary N) is 1. The molecule has 5 heteroatoms. The normalized spacial score (nSPS) is 21.2. The number of carbonyl (C=O) groups excluding carboxylic acids is 1. The Bertz CT molecular complexity index is 456. The number of nitrogens with two attached hydrogens (primary N) is 1. The lowest BCUT2D eigenvalue weighted by molar-refractivity contribution is -0.119. The minimum Gasteiger partial charge on any atom is -0.486 e. The van der Waals surface area contributed by atoms with Crippen molar-refractivity contribution in [3.05, 3.63) is 24.3 Å². The molecule has 1 amide bonds. The number of rotatable bonds is 5. The van der Waals surface area contributed by atoms with Crippen molar-refractivity contribution >= 4 is 11.6 Å². The summed E-state index contributed by atoms with van der Waals surface area (Å²) in [5.41, 5.74) is 6.43. The van der Waals surface area contributed by atoms with Gasteiger partial charge in [-0.25, -0.2) is 0 Å². The van der Waals surface area contributed by atoms with Gasteiger partial charge in [0.25, 0.3) is 0 Å². The summed E-state index contributed by atoms with van der Waals surface area (Å²) < 4.78 is 11.2. The first-order valence-corrected chi connectivity index (χ1v) is 6.98. The molecule has 3 unspecified atom stereocenters. The van der Waals surface area contributed by atoms with Gasteiger partial charge in [0.2, 0.25) is 5.91 Å². The Morgan fingerprint density at radius 3 is 2.85 bits per heavy atom. The van der Waals surface area contributed by atoms with E-state index in [1.165, 1.54) is 0 Å². The Morgan fingerprint density at radius 2 is 2.20 bits per heavy atom. The molecule has 0 bridgehead atoms. The van der Waals surface area contributed by atoms with E-state index in [0.717, 1.165) is 13.0 Å². The van der Waals surface area contributed by atoms with Crippen molar-refractivity contribution in [3.8, 4) is 5.75 Å². The molecule has 1 aromatic carbocycles. The largest absolute Gasteiger partial charge is 0.486 e. The van der Waals surface area contributed by atoms with Crippen LogP contribution in [0.25, 0.3) is 0 Å². The van der Waals surface area contributed by atoms with Gasteiger partial charge in [0, 0.05) is 12.5 Å². The van der Waals surface area contributed by atoms with Crippen LogP contribution in [0.2, 0.25) is 0 Å². The summed E-state index contributed by atoms with van der Waals surface area (Å²) in [5, 5.41) is 2.88. The number of benzene rings is 1. The predicted molar refractivity (Wildman–Crippen MR) is 77.7 cm³/mol. The zero-order chi connectivity index (χ0) is 14.5. The molecule has 1 aliphatic heterocycles. The van der Waals surface area contributed by atoms with E-state index in [1.807, 2.05) is 38.1 Å². The summed E-state index contributed by atoms with van der Waals surface area (Å²) in [6, 6.07) is 7.24. The Kier molecular flexibility index (Phi) is 4.98. The van der Waals surface area contributed by atoms with E-state index >= 15 is 0 Å². The molecule has 1 fully saturated rings. The SMILES string of the molecule is CC(N)C(C)C(=O)Nc1ccccc1OC1CCOC1. The van der Waals surface area contributed by atoms with E-state index in [1.54, 1.807) is 0 Å². The van der Waals surface area contributed by atoms with Gasteiger partial charge >= 0.3 is 0 Å². The molecule has 0 aliphatic carbocycles. The van der Waals surface area contributed by atoms with Gasteiger partial charge in [0.05, 0.1) is 24.8 Å². The van der Waals surface area contributed by atoms with E-state index in [-0.39, 0.29) is 24.0 Å². The number of para-hydroxylation sites is 2. The standard InChI is InChI=1S/C15H22N2O3/c1-10(11(2)16)15(18)17-13-5-3-4-6-14(13)20-12-7-8-19-9-12/h3-6,10-12H,7-9,16H2,1-2H3,(H,17,18). The van der Waals surface area contributed by atoms with Crippen LogP contribution >= 0.6 is 0 Å². The Balaban J connectivity index is 2.05. The van der Waals surface area contributed by atoms with E-state index in [4.69, 9.17) is 15.2 Å². The van der Waals surface area contributed by atoms with Crippen molar-refractivity contribution in [1.82, 2.24) is 0 Å². The van der Waals surface area contributed by atoms with Crippen molar-refractivity contribution in [2.24, 2.45) is 11.7 Å². The Morgan fingerprint density at radius 1 is 1.45 bits per heavy atom. The number of anilines is 1. The molecule has 0 spiro atoms. The monoisotopic (exact) mass is 278 g/mol. The molecule has 1 heterocycles. The molecule has 0 aromatic heterocycles. The fraction of sp³-hybridized carbons (Fsp3) is 0.533. The first-order chi connectivity index (χ1) is 9.58. The van der Waals surface area contributed by atoms with E-state index in [0.29, 0.717) is 18.0 Å². The van der Waals surface area contributed by atoms with E-state index in [2.05, 4.69) is 5.32 Å². The van der Waals surface area contributed by atoms with Gasteiger partial charge in [0.15, 0.2) is 0 Å². The highest BCUT2D eigenvalue weighted by Gasteiger charge is 2.21. The van der Waals surface area contributed by atoms with Crippen LogP contribution < -0.4 is 15.8 Å². The maximum Gasteiger partial charge on any atom is 0.228 e. The fourth-order valence-electron chi connectivity index (χ4n) is 1.94. The lowest BCUT2D eigenvalue weighted by Gasteiger charge is -2.19. The van der Waals surface area contributed by atoms with Gasteiger partial charge in [-0.3, -0.25) is 4.79 Å². The van der Waals surface area contributed by atoms with Gasteiger partial charge in [-0.15, -0.1) is 0 Å². The lowest BCUT2D eigenvalue weighted by Crippen LogP contribution is -2.34. The van der Waals surface area contributed by atoms with Crippen LogP contribution in [0.1, 0.15) is 20.3 Å². The smallest absolute Gasteiger partial charge is 0.228 e. The second-order valence-corrected chi connectivity index (χ2v) is 5.24. The van der Waals surface area contributed by atoms with Crippen LogP contribution in [0.3, 0.4) is 0 Å². The highest BCUT2D eigenvalue weighted by Crippen LogP contribution is 2.27. The summed E-state index contributed by atoms with van der Waals surface area (Å²) in [4.78, 5) is 12.1. The van der Waals surface area contributed by atoms with Crippen molar-refractivity contribution in [1.29, 1.82) is 0 Å². The third-order valence-corrected chi connectivity index (χ3v) is 3.53. The Hall–Kier alpha value is -1.59. The molecule has 1 saturated heterocycles. The number of amides is 1. The van der Waals surface area contributed by atoms with Crippen molar-refractivity contribution in [2.75, 3.05) is 18.5 Å². The molecule has 110 valence electrons. The fourth-order valence-corrected chi connectivity index (χ4v) is 1.94. The molecule has 2 rings (SSSR count). The zero-order valence-electron chi connectivity index (χ0n) is 12.0. The molecule has 0 saturated carbocycles. The van der Waals surface area contributed by atoms with Crippen molar-refractivity contribution in [2.45, 2.75) is 32.4 Å². The van der Waals surface area contributed by atoms with Crippen molar-refractivity contribution < 1.29 is 14.3 Å². The second-order valence-electron chi connectivity index (χ2n) is 5.24. The minimum absolute atomic E-state index is 0.0545. The lowest BCUT2D eigenvalue weighted by atomic mass is 10.0. The summed E-state index contributed by atoms with van der Waals surface area (Å²) in [6.07, 6.45) is 0.928. The zero-order valence-corrected chi connectivity index (χ0v) is 12.0. The maximum atomic E-state index is 12.1. The number of carbonyl (C=O) groups is 1. The van der Waals surface area contributed by atoms with Crippen LogP contribution in [0.4, 0.5) is 5.69 Å².